The van der Waals surface area contributed by atoms with E-state index < -0.39 is 23.5 Å². The maximum absolute atomic E-state index is 13.4. The molecule has 1 fully saturated rings. The lowest BCUT2D eigenvalue weighted by atomic mass is 9.91. The molecule has 0 radical (unpaired) electrons. The minimum atomic E-state index is -4.93. The van der Waals surface area contributed by atoms with Crippen LogP contribution in [-0.2, 0) is 25.3 Å². The Morgan fingerprint density at radius 2 is 1.53 bits per heavy atom. The average molecular weight is 484 g/mol. The van der Waals surface area contributed by atoms with Crippen molar-refractivity contribution in [3.8, 4) is 0 Å². The molecule has 0 bridgehead atoms. The Morgan fingerprint density at radius 3 is 2.15 bits per heavy atom. The molecule has 2 aromatic carbocycles. The number of rotatable bonds is 2. The first kappa shape index (κ1) is 24.4. The monoisotopic (exact) mass is 484 g/mol. The Bertz CT molecular complexity index is 1010. The number of guanidine groups is 1. The van der Waals surface area contributed by atoms with Gasteiger partial charge in [-0.1, -0.05) is 37.1 Å². The summed E-state index contributed by atoms with van der Waals surface area (Å²) in [5.74, 6) is 0.240. The van der Waals surface area contributed by atoms with Crippen molar-refractivity contribution in [2.75, 3.05) is 11.9 Å². The summed E-state index contributed by atoms with van der Waals surface area (Å²) < 4.78 is 80.2. The summed E-state index contributed by atoms with van der Waals surface area (Å²) in [5, 5.41) is 2.79. The summed E-state index contributed by atoms with van der Waals surface area (Å²) in [5.41, 5.74) is 5.37. The number of fused-ring (bicyclic) bond motifs is 1. The van der Waals surface area contributed by atoms with Crippen molar-refractivity contribution in [3.63, 3.8) is 0 Å². The fraction of sp³-hybridized carbons (Fsp3) is 0.458. The molecule has 0 saturated heterocycles. The van der Waals surface area contributed by atoms with Crippen molar-refractivity contribution in [1.82, 2.24) is 4.90 Å². The zero-order chi connectivity index (χ0) is 24.5. The summed E-state index contributed by atoms with van der Waals surface area (Å²) in [4.78, 5) is 6.59. The maximum atomic E-state index is 13.4. The molecule has 4 nitrogen and oxygen atoms in total. The Kier molecular flexibility index (Phi) is 6.80. The van der Waals surface area contributed by atoms with Gasteiger partial charge in [0.1, 0.15) is 0 Å². The predicted molar refractivity (Wildman–Crippen MR) is 118 cm³/mol. The van der Waals surface area contributed by atoms with Crippen LogP contribution >= 0.6 is 0 Å². The van der Waals surface area contributed by atoms with Gasteiger partial charge in [-0.15, -0.1) is 0 Å². The number of nitrogens with zero attached hydrogens (tertiary/aromatic N) is 2. The molecule has 2 aromatic rings. The highest BCUT2D eigenvalue weighted by molar-refractivity contribution is 5.94. The number of anilines is 1. The topological polar surface area (TPSA) is 53.6 Å². The molecule has 0 amide bonds. The molecular weight excluding hydrogens is 458 g/mol. The molecule has 1 saturated carbocycles. The van der Waals surface area contributed by atoms with Gasteiger partial charge in [0.05, 0.1) is 17.2 Å². The molecule has 1 aliphatic heterocycles. The average Bonchev–Trinajstić information content (AvgIpc) is 2.78. The minimum absolute atomic E-state index is 0.121. The molecule has 1 heterocycles. The first-order valence-electron chi connectivity index (χ1n) is 11.2. The van der Waals surface area contributed by atoms with E-state index in [4.69, 9.17) is 10.7 Å². The fourth-order valence-electron chi connectivity index (χ4n) is 4.48. The van der Waals surface area contributed by atoms with Gasteiger partial charge in [-0.05, 0) is 48.6 Å². The smallest absolute Gasteiger partial charge is 0.338 e. The van der Waals surface area contributed by atoms with E-state index in [0.29, 0.717) is 38.1 Å². The molecule has 10 heteroatoms. The lowest BCUT2D eigenvalue weighted by Crippen LogP contribution is -2.43. The Hall–Kier alpha value is -2.75. The van der Waals surface area contributed by atoms with Crippen LogP contribution in [0.1, 0.15) is 47.9 Å². The van der Waals surface area contributed by atoms with Gasteiger partial charge in [-0.25, -0.2) is 4.99 Å². The standard InChI is InChI=1S/C24H26F6N4/c25-23(26,27)17-11-18(24(28,29)30)13-19(12-17)32-22(33-21-8-4-3-7-20(21)31)34-10-9-15-5-1-2-6-16(15)14-34/h1-2,5-6,11-13,20-21H,3-4,7-10,14,31H2,(H,32,33)/t20-,21-/m0/s1. The van der Waals surface area contributed by atoms with E-state index in [1.54, 1.807) is 0 Å². The van der Waals surface area contributed by atoms with Gasteiger partial charge in [0, 0.05) is 24.8 Å². The second-order valence-corrected chi connectivity index (χ2v) is 8.83. The van der Waals surface area contributed by atoms with Crippen LogP contribution in [0.15, 0.2) is 47.5 Å². The van der Waals surface area contributed by atoms with Gasteiger partial charge >= 0.3 is 12.4 Å². The highest BCUT2D eigenvalue weighted by atomic mass is 19.4. The number of aliphatic imine (C=N–C) groups is 1. The van der Waals surface area contributed by atoms with E-state index in [1.807, 2.05) is 29.2 Å². The SMILES string of the molecule is N[C@H]1CCCC[C@@H]1N=C(Nc1cc(C(F)(F)F)cc(C(F)(F)F)c1)N1CCc2ccccc2C1. The van der Waals surface area contributed by atoms with Gasteiger partial charge in [0.2, 0.25) is 0 Å². The van der Waals surface area contributed by atoms with E-state index in [0.717, 1.165) is 30.4 Å². The molecule has 34 heavy (non-hydrogen) atoms. The summed E-state index contributed by atoms with van der Waals surface area (Å²) in [6, 6.07) is 8.81. The van der Waals surface area contributed by atoms with Gasteiger partial charge < -0.3 is 16.0 Å². The molecule has 3 N–H and O–H groups in total. The summed E-state index contributed by atoms with van der Waals surface area (Å²) in [7, 11) is 0. The highest BCUT2D eigenvalue weighted by Crippen LogP contribution is 2.37. The fourth-order valence-corrected chi connectivity index (χ4v) is 4.48. The normalized spacial score (nSPS) is 21.9. The van der Waals surface area contributed by atoms with Crippen LogP contribution in [0.2, 0.25) is 0 Å². The third-order valence-electron chi connectivity index (χ3n) is 6.34. The van der Waals surface area contributed by atoms with Crippen LogP contribution in [0.5, 0.6) is 0 Å². The summed E-state index contributed by atoms with van der Waals surface area (Å²) in [6.45, 7) is 0.963. The molecular formula is C24H26F6N4. The van der Waals surface area contributed by atoms with E-state index in [-0.39, 0.29) is 29.8 Å². The van der Waals surface area contributed by atoms with Gasteiger partial charge in [-0.2, -0.15) is 26.3 Å². The number of hydrogen-bond acceptors (Lipinski definition) is 2. The van der Waals surface area contributed by atoms with Crippen LogP contribution in [-0.4, -0.2) is 29.5 Å². The molecule has 2 aliphatic rings. The second-order valence-electron chi connectivity index (χ2n) is 8.83. The van der Waals surface area contributed by atoms with Crippen LogP contribution in [0.3, 0.4) is 0 Å². The van der Waals surface area contributed by atoms with Crippen molar-refractivity contribution in [2.24, 2.45) is 10.7 Å². The van der Waals surface area contributed by atoms with E-state index in [2.05, 4.69) is 5.32 Å². The number of hydrogen-bond donors (Lipinski definition) is 2. The zero-order valence-corrected chi connectivity index (χ0v) is 18.4. The van der Waals surface area contributed by atoms with Gasteiger partial charge in [0.15, 0.2) is 5.96 Å². The highest BCUT2D eigenvalue weighted by Gasteiger charge is 2.37. The maximum Gasteiger partial charge on any atom is 0.416 e. The lowest BCUT2D eigenvalue weighted by Gasteiger charge is -2.34. The molecule has 2 atom stereocenters. The number of benzene rings is 2. The third kappa shape index (κ3) is 5.65. The quantitative estimate of drug-likeness (QED) is 0.321. The Morgan fingerprint density at radius 1 is 0.912 bits per heavy atom. The Labute approximate surface area is 193 Å². The van der Waals surface area contributed by atoms with E-state index in [9.17, 15) is 26.3 Å². The minimum Gasteiger partial charge on any atom is -0.338 e. The zero-order valence-electron chi connectivity index (χ0n) is 18.4. The lowest BCUT2D eigenvalue weighted by molar-refractivity contribution is -0.143. The van der Waals surface area contributed by atoms with Crippen molar-refractivity contribution >= 4 is 11.6 Å². The van der Waals surface area contributed by atoms with Crippen molar-refractivity contribution in [1.29, 1.82) is 0 Å². The van der Waals surface area contributed by atoms with Crippen molar-refractivity contribution in [2.45, 2.75) is 63.1 Å². The molecule has 1 aliphatic carbocycles. The van der Waals surface area contributed by atoms with Crippen molar-refractivity contribution in [3.05, 3.63) is 64.7 Å². The number of alkyl halides is 6. The molecule has 0 unspecified atom stereocenters. The van der Waals surface area contributed by atoms with E-state index >= 15 is 0 Å². The summed E-state index contributed by atoms with van der Waals surface area (Å²) >= 11 is 0. The number of halogens is 6. The van der Waals surface area contributed by atoms with Crippen molar-refractivity contribution < 1.29 is 26.3 Å². The largest absolute Gasteiger partial charge is 0.416 e. The van der Waals surface area contributed by atoms with Crippen LogP contribution < -0.4 is 11.1 Å². The van der Waals surface area contributed by atoms with Gasteiger partial charge in [0.25, 0.3) is 0 Å². The van der Waals surface area contributed by atoms with Crippen LogP contribution in [0, 0.1) is 0 Å². The molecule has 0 aromatic heterocycles. The molecule has 184 valence electrons. The first-order valence-corrected chi connectivity index (χ1v) is 11.2. The predicted octanol–water partition coefficient (Wildman–Crippen LogP) is 5.82. The molecule has 0 spiro atoms. The first-order chi connectivity index (χ1) is 16.0. The number of nitrogens with one attached hydrogen (secondary N) is 1. The molecule has 4 rings (SSSR count). The second kappa shape index (κ2) is 9.48. The van der Waals surface area contributed by atoms with Crippen LogP contribution in [0.4, 0.5) is 32.0 Å². The van der Waals surface area contributed by atoms with Gasteiger partial charge in [-0.3, -0.25) is 0 Å². The van der Waals surface area contributed by atoms with Crippen LogP contribution in [0.25, 0.3) is 0 Å². The third-order valence-corrected chi connectivity index (χ3v) is 6.34. The number of nitrogens with two attached hydrogens (primary N) is 1. The van der Waals surface area contributed by atoms with E-state index in [1.165, 1.54) is 0 Å². The summed E-state index contributed by atoms with van der Waals surface area (Å²) in [6.07, 6.45) is -5.80. The Balaban J connectivity index is 1.71.